The van der Waals surface area contributed by atoms with Gasteiger partial charge in [-0.2, -0.15) is 0 Å². The first kappa shape index (κ1) is 10.2. The molecule has 0 amide bonds. The first-order chi connectivity index (χ1) is 6.81. The number of rotatable bonds is 2. The summed E-state index contributed by atoms with van der Waals surface area (Å²) in [7, 11) is 0. The molecule has 0 aliphatic heterocycles. The summed E-state index contributed by atoms with van der Waals surface area (Å²) in [5.74, 6) is 0. The van der Waals surface area contributed by atoms with Crippen LogP contribution in [0.4, 0.5) is 0 Å². The number of alkyl halides is 1. The summed E-state index contributed by atoms with van der Waals surface area (Å²) in [6.07, 6.45) is 4.63. The van der Waals surface area contributed by atoms with Crippen LogP contribution in [0.15, 0.2) is 18.2 Å². The average Bonchev–Trinajstić information content (AvgIpc) is 2.27. The molecule has 0 spiro atoms. The van der Waals surface area contributed by atoms with Gasteiger partial charge in [-0.3, -0.25) is 0 Å². The molecule has 0 saturated heterocycles. The topological polar surface area (TPSA) is 20.2 Å². The average molecular weight is 255 g/mol. The fraction of sp³-hybridized carbons (Fsp3) is 0.500. The molecule has 1 unspecified atom stereocenters. The predicted molar refractivity (Wildman–Crippen MR) is 61.8 cm³/mol. The fourth-order valence-electron chi connectivity index (χ4n) is 2.05. The first-order valence-corrected chi connectivity index (χ1v) is 6.29. The van der Waals surface area contributed by atoms with Gasteiger partial charge < -0.3 is 5.11 Å². The molecule has 1 nitrogen and oxygen atoms in total. The van der Waals surface area contributed by atoms with E-state index in [4.69, 9.17) is 0 Å². The number of halogens is 1. The third-order valence-electron chi connectivity index (χ3n) is 2.90. The summed E-state index contributed by atoms with van der Waals surface area (Å²) in [6, 6.07) is 6.40. The smallest absolute Gasteiger partial charge is 0.0886 e. The Kier molecular flexibility index (Phi) is 3.24. The van der Waals surface area contributed by atoms with Crippen LogP contribution in [0.25, 0.3) is 0 Å². The Morgan fingerprint density at radius 3 is 2.64 bits per heavy atom. The van der Waals surface area contributed by atoms with Gasteiger partial charge in [0.1, 0.15) is 0 Å². The second kappa shape index (κ2) is 4.45. The zero-order chi connectivity index (χ0) is 9.97. The van der Waals surface area contributed by atoms with Crippen LogP contribution in [-0.2, 0) is 12.8 Å². The molecule has 0 saturated carbocycles. The number of aliphatic hydroxyl groups is 1. The zero-order valence-corrected chi connectivity index (χ0v) is 9.76. The number of fused-ring (bicyclic) bond motifs is 1. The third kappa shape index (κ3) is 2.01. The van der Waals surface area contributed by atoms with Crippen LogP contribution in [0.1, 0.15) is 35.6 Å². The van der Waals surface area contributed by atoms with E-state index in [-0.39, 0.29) is 6.10 Å². The number of hydrogen-bond donors (Lipinski definition) is 1. The summed E-state index contributed by atoms with van der Waals surface area (Å²) in [5.41, 5.74) is 3.96. The van der Waals surface area contributed by atoms with Gasteiger partial charge in [-0.25, -0.2) is 0 Å². The van der Waals surface area contributed by atoms with E-state index in [0.29, 0.717) is 5.33 Å². The second-order valence-corrected chi connectivity index (χ2v) is 4.55. The minimum absolute atomic E-state index is 0.359. The van der Waals surface area contributed by atoms with Crippen molar-refractivity contribution in [3.8, 4) is 0 Å². The predicted octanol–water partition coefficient (Wildman–Crippen LogP) is 2.99. The lowest BCUT2D eigenvalue weighted by Crippen LogP contribution is -2.05. The molecule has 14 heavy (non-hydrogen) atoms. The van der Waals surface area contributed by atoms with Crippen molar-refractivity contribution in [2.75, 3.05) is 5.33 Å². The van der Waals surface area contributed by atoms with Crippen molar-refractivity contribution in [1.82, 2.24) is 0 Å². The summed E-state index contributed by atoms with van der Waals surface area (Å²) in [5, 5.41) is 10.3. The number of aryl methyl sites for hydroxylation is 2. The highest BCUT2D eigenvalue weighted by Gasteiger charge is 2.12. The molecule has 0 bridgehead atoms. The molecule has 1 aromatic rings. The molecule has 0 aromatic heterocycles. The highest BCUT2D eigenvalue weighted by Crippen LogP contribution is 2.25. The highest BCUT2D eigenvalue weighted by molar-refractivity contribution is 9.09. The van der Waals surface area contributed by atoms with E-state index in [1.165, 1.54) is 36.8 Å². The number of benzene rings is 1. The quantitative estimate of drug-likeness (QED) is 0.805. The monoisotopic (exact) mass is 254 g/mol. The summed E-state index contributed by atoms with van der Waals surface area (Å²) < 4.78 is 0. The van der Waals surface area contributed by atoms with E-state index in [9.17, 15) is 5.11 Å². The highest BCUT2D eigenvalue weighted by atomic mass is 79.9. The Balaban J connectivity index is 2.29. The maximum absolute atomic E-state index is 9.68. The second-order valence-electron chi connectivity index (χ2n) is 3.91. The standard InChI is InChI=1S/C12H15BrO/c13-8-12(14)11-6-5-9-3-1-2-4-10(9)7-11/h5-7,12,14H,1-4,8H2. The molecule has 2 heteroatoms. The van der Waals surface area contributed by atoms with Crippen molar-refractivity contribution in [2.24, 2.45) is 0 Å². The molecule has 2 rings (SSSR count). The molecular formula is C12H15BrO. The molecule has 1 atom stereocenters. The summed E-state index contributed by atoms with van der Waals surface area (Å²) >= 11 is 3.30. The van der Waals surface area contributed by atoms with E-state index in [1.807, 2.05) is 0 Å². The van der Waals surface area contributed by atoms with Gasteiger partial charge in [0.2, 0.25) is 0 Å². The molecule has 0 fully saturated rings. The van der Waals surface area contributed by atoms with E-state index in [0.717, 1.165) is 5.56 Å². The minimum atomic E-state index is -0.359. The van der Waals surface area contributed by atoms with Gasteiger partial charge >= 0.3 is 0 Å². The normalized spacial score (nSPS) is 17.6. The SMILES string of the molecule is OC(CBr)c1ccc2c(c1)CCCC2. The van der Waals surface area contributed by atoms with Gasteiger partial charge in [0.05, 0.1) is 6.10 Å². The van der Waals surface area contributed by atoms with Crippen LogP contribution >= 0.6 is 15.9 Å². The molecule has 1 N–H and O–H groups in total. The van der Waals surface area contributed by atoms with Gasteiger partial charge in [-0.15, -0.1) is 0 Å². The Bertz CT molecular complexity index is 322. The van der Waals surface area contributed by atoms with E-state index in [2.05, 4.69) is 34.1 Å². The van der Waals surface area contributed by atoms with Gasteiger partial charge in [0.25, 0.3) is 0 Å². The third-order valence-corrected chi connectivity index (χ3v) is 3.52. The fourth-order valence-corrected chi connectivity index (χ4v) is 2.42. The molecule has 1 aromatic carbocycles. The lowest BCUT2D eigenvalue weighted by Gasteiger charge is -2.17. The Morgan fingerprint density at radius 1 is 1.21 bits per heavy atom. The van der Waals surface area contributed by atoms with Crippen LogP contribution in [0, 0.1) is 0 Å². The van der Waals surface area contributed by atoms with Crippen molar-refractivity contribution < 1.29 is 5.11 Å². The van der Waals surface area contributed by atoms with Crippen molar-refractivity contribution >= 4 is 15.9 Å². The first-order valence-electron chi connectivity index (χ1n) is 5.17. The largest absolute Gasteiger partial charge is 0.388 e. The van der Waals surface area contributed by atoms with Gasteiger partial charge in [0, 0.05) is 5.33 Å². The molecule has 1 aliphatic rings. The Hall–Kier alpha value is -0.340. The van der Waals surface area contributed by atoms with Gasteiger partial charge in [0.15, 0.2) is 0 Å². The van der Waals surface area contributed by atoms with E-state index < -0.39 is 0 Å². The Morgan fingerprint density at radius 2 is 1.93 bits per heavy atom. The van der Waals surface area contributed by atoms with Crippen LogP contribution in [-0.4, -0.2) is 10.4 Å². The lowest BCUT2D eigenvalue weighted by atomic mass is 9.90. The molecule has 76 valence electrons. The molecule has 0 radical (unpaired) electrons. The van der Waals surface area contributed by atoms with Crippen LogP contribution in [0.3, 0.4) is 0 Å². The van der Waals surface area contributed by atoms with Crippen molar-refractivity contribution in [3.05, 3.63) is 34.9 Å². The minimum Gasteiger partial charge on any atom is -0.388 e. The van der Waals surface area contributed by atoms with Gasteiger partial charge in [-0.1, -0.05) is 34.1 Å². The maximum atomic E-state index is 9.68. The summed E-state index contributed by atoms with van der Waals surface area (Å²) in [4.78, 5) is 0. The van der Waals surface area contributed by atoms with Crippen molar-refractivity contribution in [1.29, 1.82) is 0 Å². The maximum Gasteiger partial charge on any atom is 0.0886 e. The van der Waals surface area contributed by atoms with Crippen LogP contribution in [0.5, 0.6) is 0 Å². The van der Waals surface area contributed by atoms with Gasteiger partial charge in [-0.05, 0) is 42.4 Å². The van der Waals surface area contributed by atoms with E-state index >= 15 is 0 Å². The van der Waals surface area contributed by atoms with Crippen molar-refractivity contribution in [2.45, 2.75) is 31.8 Å². The lowest BCUT2D eigenvalue weighted by molar-refractivity contribution is 0.205. The summed E-state index contributed by atoms with van der Waals surface area (Å²) in [6.45, 7) is 0. The van der Waals surface area contributed by atoms with E-state index in [1.54, 1.807) is 0 Å². The zero-order valence-electron chi connectivity index (χ0n) is 8.17. The molecule has 0 heterocycles. The molecular weight excluding hydrogens is 240 g/mol. The van der Waals surface area contributed by atoms with Crippen LogP contribution in [0.2, 0.25) is 0 Å². The Labute approximate surface area is 93.3 Å². The van der Waals surface area contributed by atoms with Crippen molar-refractivity contribution in [3.63, 3.8) is 0 Å². The molecule has 1 aliphatic carbocycles. The van der Waals surface area contributed by atoms with Crippen LogP contribution < -0.4 is 0 Å². The number of hydrogen-bond acceptors (Lipinski definition) is 1. The number of aliphatic hydroxyl groups excluding tert-OH is 1.